The smallest absolute Gasteiger partial charge is 0.305 e. The number of hydrogen-bond donors (Lipinski definition) is 2. The number of amides is 2. The van der Waals surface area contributed by atoms with Gasteiger partial charge in [-0.15, -0.1) is 11.8 Å². The minimum atomic E-state index is -0.929. The molecule has 2 bridgehead atoms. The number of carboxylic acids is 1. The van der Waals surface area contributed by atoms with E-state index in [9.17, 15) is 19.2 Å². The third-order valence-electron chi connectivity index (χ3n) is 9.08. The number of aromatic nitrogens is 1. The van der Waals surface area contributed by atoms with Crippen LogP contribution in [0.4, 0.5) is 0 Å². The van der Waals surface area contributed by atoms with Gasteiger partial charge in [-0.25, -0.2) is 0 Å². The Morgan fingerprint density at radius 2 is 1.73 bits per heavy atom. The van der Waals surface area contributed by atoms with Gasteiger partial charge in [-0.2, -0.15) is 0 Å². The number of benzene rings is 2. The predicted molar refractivity (Wildman–Crippen MR) is 149 cm³/mol. The molecule has 2 saturated carbocycles. The molecule has 206 valence electrons. The molecule has 4 aliphatic rings. The van der Waals surface area contributed by atoms with E-state index in [4.69, 9.17) is 9.84 Å². The summed E-state index contributed by atoms with van der Waals surface area (Å²) in [5.41, 5.74) is 2.17. The molecule has 3 heterocycles. The van der Waals surface area contributed by atoms with Gasteiger partial charge in [0.05, 0.1) is 16.9 Å². The van der Waals surface area contributed by atoms with Crippen molar-refractivity contribution in [3.8, 4) is 5.75 Å². The highest BCUT2D eigenvalue weighted by Gasteiger charge is 2.69. The van der Waals surface area contributed by atoms with Gasteiger partial charge in [-0.05, 0) is 53.9 Å². The molecule has 6 unspecified atom stereocenters. The fourth-order valence-corrected chi connectivity index (χ4v) is 10.5. The normalized spacial score (nSPS) is 29.8. The number of hydrogen-bond acceptors (Lipinski definition) is 7. The summed E-state index contributed by atoms with van der Waals surface area (Å²) in [5.74, 6) is -0.998. The van der Waals surface area contributed by atoms with E-state index < -0.39 is 5.97 Å². The van der Waals surface area contributed by atoms with E-state index in [2.05, 4.69) is 17.1 Å². The number of nitrogens with one attached hydrogen (secondary N) is 1. The Morgan fingerprint density at radius 1 is 1.00 bits per heavy atom. The number of thiazole rings is 1. The van der Waals surface area contributed by atoms with Crippen molar-refractivity contribution >= 4 is 40.9 Å². The number of fused-ring (bicyclic) bond motifs is 9. The molecule has 1 aromatic heterocycles. The Hall–Kier alpha value is -3.37. The van der Waals surface area contributed by atoms with E-state index in [1.54, 1.807) is 11.8 Å². The van der Waals surface area contributed by atoms with Crippen LogP contribution in [0.2, 0.25) is 0 Å². The lowest BCUT2D eigenvalue weighted by Gasteiger charge is -2.43. The second-order valence-electron chi connectivity index (χ2n) is 11.1. The molecule has 1 saturated heterocycles. The van der Waals surface area contributed by atoms with Gasteiger partial charge in [-0.3, -0.25) is 24.1 Å². The molecular weight excluding hydrogens is 548 g/mol. The van der Waals surface area contributed by atoms with E-state index >= 15 is 0 Å². The van der Waals surface area contributed by atoms with Gasteiger partial charge in [0.15, 0.2) is 0 Å². The van der Waals surface area contributed by atoms with Crippen LogP contribution in [0.5, 0.6) is 5.75 Å². The molecule has 7 rings (SSSR count). The maximum Gasteiger partial charge on any atom is 0.305 e. The molecule has 2 aliphatic heterocycles. The predicted octanol–water partition coefficient (Wildman–Crippen LogP) is 4.35. The summed E-state index contributed by atoms with van der Waals surface area (Å²) in [6.45, 7) is 0.633. The van der Waals surface area contributed by atoms with Gasteiger partial charge in [0.1, 0.15) is 12.4 Å². The zero-order chi connectivity index (χ0) is 27.5. The van der Waals surface area contributed by atoms with Gasteiger partial charge in [0.25, 0.3) is 0 Å². The number of carbonyl (C=O) groups is 3. The van der Waals surface area contributed by atoms with Crippen molar-refractivity contribution in [3.63, 3.8) is 0 Å². The molecule has 10 heteroatoms. The highest BCUT2D eigenvalue weighted by atomic mass is 32.2. The van der Waals surface area contributed by atoms with Crippen molar-refractivity contribution in [3.05, 3.63) is 80.3 Å². The Bertz CT molecular complexity index is 1530. The van der Waals surface area contributed by atoms with Crippen LogP contribution in [-0.2, 0) is 21.0 Å². The number of aromatic amines is 1. The van der Waals surface area contributed by atoms with Crippen molar-refractivity contribution in [2.24, 2.45) is 29.6 Å². The molecule has 0 spiro atoms. The molecule has 40 heavy (non-hydrogen) atoms. The maximum atomic E-state index is 13.5. The summed E-state index contributed by atoms with van der Waals surface area (Å²) in [6.07, 6.45) is 1.02. The van der Waals surface area contributed by atoms with Gasteiger partial charge < -0.3 is 14.8 Å². The highest BCUT2D eigenvalue weighted by molar-refractivity contribution is 8.00. The molecule has 7 atom stereocenters. The molecule has 3 fully saturated rings. The molecule has 2 aliphatic carbocycles. The first-order valence-electron chi connectivity index (χ1n) is 13.6. The van der Waals surface area contributed by atoms with E-state index in [0.29, 0.717) is 6.61 Å². The molecule has 2 N–H and O–H groups in total. The van der Waals surface area contributed by atoms with E-state index in [1.165, 1.54) is 16.2 Å². The summed E-state index contributed by atoms with van der Waals surface area (Å²) in [4.78, 5) is 55.7. The third-order valence-corrected chi connectivity index (χ3v) is 11.7. The van der Waals surface area contributed by atoms with Crippen LogP contribution in [-0.4, -0.2) is 44.6 Å². The molecule has 3 aromatic rings. The summed E-state index contributed by atoms with van der Waals surface area (Å²) in [7, 11) is 0. The number of imide groups is 1. The van der Waals surface area contributed by atoms with Crippen molar-refractivity contribution in [1.82, 2.24) is 9.88 Å². The van der Waals surface area contributed by atoms with Crippen LogP contribution in [0.3, 0.4) is 0 Å². The zero-order valence-electron chi connectivity index (χ0n) is 21.5. The Morgan fingerprint density at radius 3 is 2.45 bits per heavy atom. The van der Waals surface area contributed by atoms with Crippen molar-refractivity contribution < 1.29 is 24.2 Å². The number of likely N-dealkylation sites (tertiary alicyclic amines) is 1. The first-order valence-corrected chi connectivity index (χ1v) is 15.3. The zero-order valence-corrected chi connectivity index (χ0v) is 23.2. The lowest BCUT2D eigenvalue weighted by molar-refractivity contribution is -0.142. The number of nitrogens with zero attached hydrogens (tertiary/aromatic N) is 1. The monoisotopic (exact) mass is 576 g/mol. The number of carboxylic acid groups (broad SMARTS) is 1. The van der Waals surface area contributed by atoms with E-state index in [-0.39, 0.29) is 76.8 Å². The number of aliphatic carboxylic acids is 1. The molecule has 8 nitrogen and oxygen atoms in total. The van der Waals surface area contributed by atoms with Gasteiger partial charge in [-0.1, -0.05) is 53.8 Å². The fraction of sp³-hybridized carbons (Fsp3) is 0.400. The SMILES string of the molecule is O=C(O)CCCN1C(=O)C2C3CC(C2C1=O)C1C3Sc2[nH]c(=O)sc2[C@@H]1c1ccc(OCc2ccccc2)cc1. The van der Waals surface area contributed by atoms with Crippen molar-refractivity contribution in [1.29, 1.82) is 0 Å². The Kier molecular flexibility index (Phi) is 6.35. The van der Waals surface area contributed by atoms with Crippen LogP contribution < -0.4 is 9.61 Å². The third kappa shape index (κ3) is 4.11. The number of thioether (sulfide) groups is 1. The number of carbonyl (C=O) groups excluding carboxylic acids is 2. The number of rotatable bonds is 8. The Balaban J connectivity index is 1.17. The minimum Gasteiger partial charge on any atom is -0.489 e. The summed E-state index contributed by atoms with van der Waals surface area (Å²) in [6, 6.07) is 18.0. The van der Waals surface area contributed by atoms with Crippen molar-refractivity contribution in [2.75, 3.05) is 6.54 Å². The van der Waals surface area contributed by atoms with Crippen LogP contribution >= 0.6 is 23.1 Å². The molecular formula is C30H28N2O6S2. The second kappa shape index (κ2) is 9.92. The van der Waals surface area contributed by atoms with Crippen LogP contribution in [0, 0.1) is 29.6 Å². The minimum absolute atomic E-state index is 0.0396. The maximum absolute atomic E-state index is 13.5. The average molecular weight is 577 g/mol. The fourth-order valence-electron chi connectivity index (χ4n) is 7.57. The largest absolute Gasteiger partial charge is 0.489 e. The summed E-state index contributed by atoms with van der Waals surface area (Å²) in [5, 5.41) is 10.0. The van der Waals surface area contributed by atoms with Crippen LogP contribution in [0.15, 0.2) is 64.4 Å². The lowest BCUT2D eigenvalue weighted by Crippen LogP contribution is -2.42. The van der Waals surface area contributed by atoms with Crippen LogP contribution in [0.25, 0.3) is 0 Å². The number of ether oxygens (including phenoxy) is 1. The second-order valence-corrected chi connectivity index (χ2v) is 13.3. The first-order chi connectivity index (χ1) is 19.4. The van der Waals surface area contributed by atoms with Gasteiger partial charge in [0, 0.05) is 29.0 Å². The number of H-pyrrole nitrogens is 1. The summed E-state index contributed by atoms with van der Waals surface area (Å²) >= 11 is 2.91. The molecule has 2 amide bonds. The Labute approximate surface area is 238 Å². The quantitative estimate of drug-likeness (QED) is 0.383. The van der Waals surface area contributed by atoms with E-state index in [1.807, 2.05) is 42.5 Å². The van der Waals surface area contributed by atoms with Crippen LogP contribution in [0.1, 0.15) is 41.2 Å². The first kappa shape index (κ1) is 25.6. The summed E-state index contributed by atoms with van der Waals surface area (Å²) < 4.78 is 6.00. The van der Waals surface area contributed by atoms with Gasteiger partial charge >= 0.3 is 10.8 Å². The molecule has 2 aromatic carbocycles. The van der Waals surface area contributed by atoms with E-state index in [0.717, 1.165) is 33.2 Å². The van der Waals surface area contributed by atoms with Crippen molar-refractivity contribution in [2.45, 2.75) is 42.1 Å². The van der Waals surface area contributed by atoms with Gasteiger partial charge in [0.2, 0.25) is 11.8 Å². The lowest BCUT2D eigenvalue weighted by atomic mass is 9.68. The highest BCUT2D eigenvalue weighted by Crippen LogP contribution is 2.68. The topological polar surface area (TPSA) is 117 Å². The average Bonchev–Trinajstić information content (AvgIpc) is 3.68. The molecule has 0 radical (unpaired) electrons. The standard InChI is InChI=1S/C30H28N2O6S2/c33-20(34)7-4-12-32-28(35)23-18-13-19(24(23)29(32)36)25-22(18)21(26-27(39-25)31-30(37)40-26)16-8-10-17(11-9-16)38-14-15-5-2-1-3-6-15/h1-3,5-6,8-11,18-19,21-25H,4,7,12-14H2,(H,31,37)(H,33,34)/t18?,19?,21-,22?,23?,24?,25?/m1/s1.